The van der Waals surface area contributed by atoms with Gasteiger partial charge in [0.1, 0.15) is 13.2 Å². The Balaban J connectivity index is 1.33. The van der Waals surface area contributed by atoms with Crippen LogP contribution in [-0.4, -0.2) is 60.1 Å². The number of ether oxygens (including phenoxy) is 2. The zero-order chi connectivity index (χ0) is 19.3. The van der Waals surface area contributed by atoms with E-state index in [0.29, 0.717) is 29.7 Å². The maximum absolute atomic E-state index is 12.5. The summed E-state index contributed by atoms with van der Waals surface area (Å²) in [4.78, 5) is 20.8. The van der Waals surface area contributed by atoms with E-state index in [1.807, 2.05) is 35.5 Å². The second-order valence-electron chi connectivity index (χ2n) is 6.82. The third kappa shape index (κ3) is 4.46. The molecule has 0 unspecified atom stereocenters. The number of nitrogens with zero attached hydrogens (tertiary/aromatic N) is 3. The highest BCUT2D eigenvalue weighted by Crippen LogP contribution is 2.38. The van der Waals surface area contributed by atoms with Crippen LogP contribution in [0.3, 0.4) is 0 Å². The number of hydrogen-bond donors (Lipinski definition) is 0. The second-order valence-corrected chi connectivity index (χ2v) is 7.22. The predicted molar refractivity (Wildman–Crippen MR) is 108 cm³/mol. The Kier molecular flexibility index (Phi) is 5.78. The topological polar surface area (TPSA) is 54.9 Å². The van der Waals surface area contributed by atoms with Crippen LogP contribution < -0.4 is 9.47 Å². The summed E-state index contributed by atoms with van der Waals surface area (Å²) in [6.45, 7) is 5.03. The number of fused-ring (bicyclic) bond motifs is 1. The SMILES string of the molecule is O=C(C=Cc1cc(Cl)c2c(c1)OCCO2)N1CCN(Cc2ccncc2)CC1. The molecule has 0 bridgehead atoms. The van der Waals surface area contributed by atoms with Crippen LogP contribution in [0.15, 0.2) is 42.7 Å². The third-order valence-corrected chi connectivity index (χ3v) is 5.16. The van der Waals surface area contributed by atoms with Crippen LogP contribution in [0.25, 0.3) is 6.08 Å². The minimum absolute atomic E-state index is 0.00886. The lowest BCUT2D eigenvalue weighted by Crippen LogP contribution is -2.47. The van der Waals surface area contributed by atoms with Gasteiger partial charge in [-0.25, -0.2) is 0 Å². The minimum Gasteiger partial charge on any atom is -0.486 e. The summed E-state index contributed by atoms with van der Waals surface area (Å²) in [6, 6.07) is 7.68. The van der Waals surface area contributed by atoms with Gasteiger partial charge in [0.25, 0.3) is 0 Å². The highest BCUT2D eigenvalue weighted by Gasteiger charge is 2.20. The molecule has 0 spiro atoms. The normalized spacial score (nSPS) is 17.1. The molecule has 2 aromatic rings. The van der Waals surface area contributed by atoms with Crippen molar-refractivity contribution in [3.8, 4) is 11.5 Å². The zero-order valence-corrected chi connectivity index (χ0v) is 16.3. The first-order chi connectivity index (χ1) is 13.7. The smallest absolute Gasteiger partial charge is 0.246 e. The Morgan fingerprint density at radius 1 is 1.11 bits per heavy atom. The highest BCUT2D eigenvalue weighted by molar-refractivity contribution is 6.32. The van der Waals surface area contributed by atoms with Gasteiger partial charge in [-0.15, -0.1) is 0 Å². The quantitative estimate of drug-likeness (QED) is 0.740. The van der Waals surface area contributed by atoms with Crippen molar-refractivity contribution in [2.24, 2.45) is 0 Å². The Morgan fingerprint density at radius 3 is 2.64 bits per heavy atom. The Hall–Kier alpha value is -2.57. The maximum Gasteiger partial charge on any atom is 0.246 e. The van der Waals surface area contributed by atoms with E-state index in [2.05, 4.69) is 9.88 Å². The fourth-order valence-corrected chi connectivity index (χ4v) is 3.65. The van der Waals surface area contributed by atoms with Crippen LogP contribution in [0.1, 0.15) is 11.1 Å². The van der Waals surface area contributed by atoms with Crippen molar-refractivity contribution in [1.29, 1.82) is 0 Å². The first-order valence-corrected chi connectivity index (χ1v) is 9.74. The zero-order valence-electron chi connectivity index (χ0n) is 15.5. The average molecular weight is 400 g/mol. The molecule has 1 aromatic carbocycles. The molecule has 3 heterocycles. The van der Waals surface area contributed by atoms with Crippen molar-refractivity contribution in [2.75, 3.05) is 39.4 Å². The second kappa shape index (κ2) is 8.63. The molecular weight excluding hydrogens is 378 g/mol. The Bertz CT molecular complexity index is 865. The summed E-state index contributed by atoms with van der Waals surface area (Å²) in [5.74, 6) is 1.20. The number of halogens is 1. The van der Waals surface area contributed by atoms with E-state index in [1.54, 1.807) is 18.2 Å². The molecule has 1 aromatic heterocycles. The number of benzene rings is 1. The summed E-state index contributed by atoms with van der Waals surface area (Å²) in [5.41, 5.74) is 2.06. The lowest BCUT2D eigenvalue weighted by Gasteiger charge is -2.34. The molecule has 0 saturated carbocycles. The van der Waals surface area contributed by atoms with Gasteiger partial charge in [0, 0.05) is 51.2 Å². The summed E-state index contributed by atoms with van der Waals surface area (Å²) < 4.78 is 11.1. The molecule has 1 saturated heterocycles. The molecule has 4 rings (SSSR count). The van der Waals surface area contributed by atoms with Crippen LogP contribution in [0.4, 0.5) is 0 Å². The van der Waals surface area contributed by atoms with Crippen molar-refractivity contribution < 1.29 is 14.3 Å². The molecule has 0 atom stereocenters. The van der Waals surface area contributed by atoms with E-state index >= 15 is 0 Å². The number of rotatable bonds is 4. The summed E-state index contributed by atoms with van der Waals surface area (Å²) in [5, 5.41) is 0.494. The van der Waals surface area contributed by atoms with Crippen LogP contribution in [-0.2, 0) is 11.3 Å². The first kappa shape index (κ1) is 18.8. The Labute approximate surface area is 169 Å². The summed E-state index contributed by atoms with van der Waals surface area (Å²) in [6.07, 6.45) is 6.99. The number of piperazine rings is 1. The summed E-state index contributed by atoms with van der Waals surface area (Å²) >= 11 is 6.25. The van der Waals surface area contributed by atoms with Crippen molar-refractivity contribution in [3.05, 3.63) is 58.9 Å². The highest BCUT2D eigenvalue weighted by atomic mass is 35.5. The van der Waals surface area contributed by atoms with E-state index in [0.717, 1.165) is 38.3 Å². The van der Waals surface area contributed by atoms with Crippen LogP contribution in [0.5, 0.6) is 11.5 Å². The minimum atomic E-state index is 0.00886. The van der Waals surface area contributed by atoms with Crippen LogP contribution >= 0.6 is 11.6 Å². The predicted octanol–water partition coefficient (Wildman–Crippen LogP) is 2.86. The van der Waals surface area contributed by atoms with Crippen LogP contribution in [0.2, 0.25) is 5.02 Å². The van der Waals surface area contributed by atoms with Gasteiger partial charge in [-0.2, -0.15) is 0 Å². The molecule has 6 nitrogen and oxygen atoms in total. The molecule has 2 aliphatic rings. The third-order valence-electron chi connectivity index (χ3n) is 4.88. The van der Waals surface area contributed by atoms with Crippen molar-refractivity contribution in [1.82, 2.24) is 14.8 Å². The molecule has 1 amide bonds. The fraction of sp³-hybridized carbons (Fsp3) is 0.333. The molecule has 146 valence electrons. The number of pyridine rings is 1. The fourth-order valence-electron chi connectivity index (χ4n) is 3.37. The van der Waals surface area contributed by atoms with E-state index in [-0.39, 0.29) is 5.91 Å². The Morgan fingerprint density at radius 2 is 1.86 bits per heavy atom. The summed E-state index contributed by atoms with van der Waals surface area (Å²) in [7, 11) is 0. The molecule has 0 aliphatic carbocycles. The van der Waals surface area contributed by atoms with Gasteiger partial charge in [-0.3, -0.25) is 14.7 Å². The lowest BCUT2D eigenvalue weighted by molar-refractivity contribution is -0.127. The van der Waals surface area contributed by atoms with E-state index in [9.17, 15) is 4.79 Å². The molecule has 0 N–H and O–H groups in total. The number of carbonyl (C=O) groups excluding carboxylic acids is 1. The van der Waals surface area contributed by atoms with Gasteiger partial charge < -0.3 is 14.4 Å². The number of amides is 1. The molecule has 7 heteroatoms. The average Bonchev–Trinajstić information content (AvgIpc) is 2.73. The molecule has 28 heavy (non-hydrogen) atoms. The number of carbonyl (C=O) groups is 1. The maximum atomic E-state index is 12.5. The lowest BCUT2D eigenvalue weighted by atomic mass is 10.1. The largest absolute Gasteiger partial charge is 0.486 e. The van der Waals surface area contributed by atoms with Crippen molar-refractivity contribution >= 4 is 23.6 Å². The monoisotopic (exact) mass is 399 g/mol. The van der Waals surface area contributed by atoms with Gasteiger partial charge >= 0.3 is 0 Å². The van der Waals surface area contributed by atoms with Crippen LogP contribution in [0, 0.1) is 0 Å². The number of aromatic nitrogens is 1. The molecule has 1 fully saturated rings. The van der Waals surface area contributed by atoms with Gasteiger partial charge in [-0.1, -0.05) is 11.6 Å². The van der Waals surface area contributed by atoms with Gasteiger partial charge in [-0.05, 0) is 41.5 Å². The van der Waals surface area contributed by atoms with Gasteiger partial charge in [0.05, 0.1) is 5.02 Å². The van der Waals surface area contributed by atoms with Gasteiger partial charge in [0.15, 0.2) is 11.5 Å². The first-order valence-electron chi connectivity index (χ1n) is 9.36. The number of hydrogen-bond acceptors (Lipinski definition) is 5. The molecular formula is C21H22ClN3O3. The van der Waals surface area contributed by atoms with E-state index < -0.39 is 0 Å². The van der Waals surface area contributed by atoms with E-state index in [4.69, 9.17) is 21.1 Å². The van der Waals surface area contributed by atoms with Crippen molar-refractivity contribution in [3.63, 3.8) is 0 Å². The van der Waals surface area contributed by atoms with Gasteiger partial charge in [0.2, 0.25) is 5.91 Å². The van der Waals surface area contributed by atoms with Crippen molar-refractivity contribution in [2.45, 2.75) is 6.54 Å². The molecule has 0 radical (unpaired) electrons. The van der Waals surface area contributed by atoms with E-state index in [1.165, 1.54) is 5.56 Å². The molecule has 2 aliphatic heterocycles. The standard InChI is InChI=1S/C21H22ClN3O3/c22-18-13-17(14-19-21(18)28-12-11-27-19)1-2-20(26)25-9-7-24(8-10-25)15-16-3-5-23-6-4-16/h1-6,13-14H,7-12,15H2.